The number of nitrogens with one attached hydrogen (secondary N) is 1. The SMILES string of the molecule is CN=C(NCCn1cccn1)N1CC2OCCN(Cc3ccccc3)C2C1. The number of fused-ring (bicyclic) bond motifs is 1. The smallest absolute Gasteiger partial charge is 0.193 e. The first-order valence-electron chi connectivity index (χ1n) is 9.66. The molecule has 0 spiro atoms. The fraction of sp³-hybridized carbons (Fsp3) is 0.500. The van der Waals surface area contributed by atoms with E-state index in [1.54, 1.807) is 6.20 Å². The van der Waals surface area contributed by atoms with Crippen molar-refractivity contribution in [3.63, 3.8) is 0 Å². The van der Waals surface area contributed by atoms with Crippen molar-refractivity contribution in [2.45, 2.75) is 25.2 Å². The molecule has 0 radical (unpaired) electrons. The van der Waals surface area contributed by atoms with Gasteiger partial charge in [0.25, 0.3) is 0 Å². The van der Waals surface area contributed by atoms with Crippen molar-refractivity contribution in [2.24, 2.45) is 4.99 Å². The number of morpholine rings is 1. The van der Waals surface area contributed by atoms with Gasteiger partial charge in [-0.3, -0.25) is 14.6 Å². The lowest BCUT2D eigenvalue weighted by Crippen LogP contribution is -2.50. The number of ether oxygens (including phenoxy) is 1. The summed E-state index contributed by atoms with van der Waals surface area (Å²) in [6, 6.07) is 13.0. The van der Waals surface area contributed by atoms with Crippen LogP contribution in [0.3, 0.4) is 0 Å². The number of nitrogens with zero attached hydrogens (tertiary/aromatic N) is 5. The Morgan fingerprint density at radius 3 is 2.93 bits per heavy atom. The van der Waals surface area contributed by atoms with E-state index in [0.29, 0.717) is 6.04 Å². The summed E-state index contributed by atoms with van der Waals surface area (Å²) in [4.78, 5) is 9.36. The standard InChI is InChI=1S/C20H28N6O/c1-21-20(22-9-11-26-10-5-8-23-26)25-15-18-19(16-25)27-13-12-24(18)14-17-6-3-2-4-7-17/h2-8,10,18-19H,9,11-16H2,1H3,(H,21,22). The molecular formula is C20H28N6O. The maximum Gasteiger partial charge on any atom is 0.193 e. The van der Waals surface area contributed by atoms with Crippen LogP contribution in [0.1, 0.15) is 5.56 Å². The van der Waals surface area contributed by atoms with Crippen molar-refractivity contribution >= 4 is 5.96 Å². The van der Waals surface area contributed by atoms with E-state index in [0.717, 1.165) is 51.8 Å². The number of benzene rings is 1. The Morgan fingerprint density at radius 2 is 2.15 bits per heavy atom. The molecule has 2 unspecified atom stereocenters. The predicted octanol–water partition coefficient (Wildman–Crippen LogP) is 1.04. The van der Waals surface area contributed by atoms with E-state index in [1.807, 2.05) is 24.0 Å². The van der Waals surface area contributed by atoms with E-state index in [1.165, 1.54) is 5.56 Å². The van der Waals surface area contributed by atoms with Crippen LogP contribution in [-0.4, -0.2) is 77.5 Å². The van der Waals surface area contributed by atoms with Crippen molar-refractivity contribution in [1.29, 1.82) is 0 Å². The Morgan fingerprint density at radius 1 is 1.26 bits per heavy atom. The van der Waals surface area contributed by atoms with E-state index in [4.69, 9.17) is 4.74 Å². The molecular weight excluding hydrogens is 340 g/mol. The molecule has 1 N–H and O–H groups in total. The van der Waals surface area contributed by atoms with E-state index < -0.39 is 0 Å². The van der Waals surface area contributed by atoms with Gasteiger partial charge in [-0.05, 0) is 11.6 Å². The molecule has 7 heteroatoms. The molecule has 2 atom stereocenters. The van der Waals surface area contributed by atoms with Crippen molar-refractivity contribution in [3.05, 3.63) is 54.4 Å². The predicted molar refractivity (Wildman–Crippen MR) is 106 cm³/mol. The highest BCUT2D eigenvalue weighted by atomic mass is 16.5. The Bertz CT molecular complexity index is 732. The van der Waals surface area contributed by atoms with Crippen LogP contribution in [-0.2, 0) is 17.8 Å². The van der Waals surface area contributed by atoms with Crippen LogP contribution < -0.4 is 5.32 Å². The number of guanidine groups is 1. The molecule has 144 valence electrons. The van der Waals surface area contributed by atoms with Crippen LogP contribution in [0.15, 0.2) is 53.8 Å². The zero-order valence-corrected chi connectivity index (χ0v) is 15.9. The third kappa shape index (κ3) is 4.31. The second kappa shape index (κ2) is 8.54. The van der Waals surface area contributed by atoms with Gasteiger partial charge in [-0.25, -0.2) is 0 Å². The van der Waals surface area contributed by atoms with Crippen LogP contribution >= 0.6 is 0 Å². The number of likely N-dealkylation sites (tertiary alicyclic amines) is 1. The lowest BCUT2D eigenvalue weighted by atomic mass is 10.1. The van der Waals surface area contributed by atoms with Gasteiger partial charge in [-0.1, -0.05) is 30.3 Å². The lowest BCUT2D eigenvalue weighted by Gasteiger charge is -2.36. The van der Waals surface area contributed by atoms with Crippen molar-refractivity contribution in [1.82, 2.24) is 24.9 Å². The topological polar surface area (TPSA) is 57.9 Å². The van der Waals surface area contributed by atoms with Crippen molar-refractivity contribution < 1.29 is 4.74 Å². The van der Waals surface area contributed by atoms with Gasteiger partial charge >= 0.3 is 0 Å². The zero-order valence-electron chi connectivity index (χ0n) is 15.9. The van der Waals surface area contributed by atoms with E-state index >= 15 is 0 Å². The Balaban J connectivity index is 1.35. The van der Waals surface area contributed by atoms with Crippen LogP contribution in [0.2, 0.25) is 0 Å². The van der Waals surface area contributed by atoms with E-state index in [-0.39, 0.29) is 6.10 Å². The molecule has 2 saturated heterocycles. The maximum atomic E-state index is 6.08. The van der Waals surface area contributed by atoms with Gasteiger partial charge in [0.2, 0.25) is 0 Å². The highest BCUT2D eigenvalue weighted by Gasteiger charge is 2.41. The molecule has 2 aliphatic heterocycles. The average Bonchev–Trinajstić information content (AvgIpc) is 3.36. The van der Waals surface area contributed by atoms with Crippen molar-refractivity contribution in [2.75, 3.05) is 39.8 Å². The van der Waals surface area contributed by atoms with Gasteiger partial charge < -0.3 is 15.0 Å². The lowest BCUT2D eigenvalue weighted by molar-refractivity contribution is -0.0502. The summed E-state index contributed by atoms with van der Waals surface area (Å²) in [5, 5.41) is 7.71. The zero-order chi connectivity index (χ0) is 18.5. The molecule has 3 heterocycles. The van der Waals surface area contributed by atoms with Gasteiger partial charge in [-0.2, -0.15) is 5.10 Å². The summed E-state index contributed by atoms with van der Waals surface area (Å²) >= 11 is 0. The molecule has 2 aromatic rings. The largest absolute Gasteiger partial charge is 0.373 e. The fourth-order valence-corrected chi connectivity index (χ4v) is 3.99. The molecule has 0 saturated carbocycles. The summed E-state index contributed by atoms with van der Waals surface area (Å²) in [7, 11) is 1.85. The second-order valence-electron chi connectivity index (χ2n) is 7.08. The summed E-state index contributed by atoms with van der Waals surface area (Å²) < 4.78 is 8.00. The first-order valence-corrected chi connectivity index (χ1v) is 9.66. The quantitative estimate of drug-likeness (QED) is 0.631. The van der Waals surface area contributed by atoms with Crippen LogP contribution in [0, 0.1) is 0 Å². The van der Waals surface area contributed by atoms with Gasteiger partial charge in [-0.15, -0.1) is 0 Å². The van der Waals surface area contributed by atoms with Crippen LogP contribution in [0.5, 0.6) is 0 Å². The normalized spacial score (nSPS) is 23.4. The Kier molecular flexibility index (Phi) is 5.69. The highest BCUT2D eigenvalue weighted by Crippen LogP contribution is 2.24. The van der Waals surface area contributed by atoms with E-state index in [2.05, 4.69) is 55.5 Å². The van der Waals surface area contributed by atoms with E-state index in [9.17, 15) is 0 Å². The van der Waals surface area contributed by atoms with Gasteiger partial charge in [0.15, 0.2) is 5.96 Å². The van der Waals surface area contributed by atoms with Crippen LogP contribution in [0.25, 0.3) is 0 Å². The van der Waals surface area contributed by atoms with Gasteiger partial charge in [0.1, 0.15) is 0 Å². The number of rotatable bonds is 5. The average molecular weight is 368 g/mol. The fourth-order valence-electron chi connectivity index (χ4n) is 3.99. The minimum Gasteiger partial charge on any atom is -0.373 e. The highest BCUT2D eigenvalue weighted by molar-refractivity contribution is 5.80. The number of hydrogen-bond acceptors (Lipinski definition) is 4. The summed E-state index contributed by atoms with van der Waals surface area (Å²) in [6.07, 6.45) is 4.02. The molecule has 1 aromatic carbocycles. The first-order chi connectivity index (χ1) is 13.3. The van der Waals surface area contributed by atoms with Crippen molar-refractivity contribution in [3.8, 4) is 0 Å². The molecule has 4 rings (SSSR count). The minimum absolute atomic E-state index is 0.243. The molecule has 1 aromatic heterocycles. The maximum absolute atomic E-state index is 6.08. The number of hydrogen-bond donors (Lipinski definition) is 1. The summed E-state index contributed by atoms with van der Waals surface area (Å²) in [6.45, 7) is 6.21. The second-order valence-corrected chi connectivity index (χ2v) is 7.08. The third-order valence-electron chi connectivity index (χ3n) is 5.34. The molecule has 0 amide bonds. The minimum atomic E-state index is 0.243. The summed E-state index contributed by atoms with van der Waals surface area (Å²) in [5.41, 5.74) is 1.36. The molecule has 2 aliphatic rings. The third-order valence-corrected chi connectivity index (χ3v) is 5.34. The first kappa shape index (κ1) is 18.0. The summed E-state index contributed by atoms with van der Waals surface area (Å²) in [5.74, 6) is 0.944. The Hall–Kier alpha value is -2.38. The Labute approximate surface area is 160 Å². The van der Waals surface area contributed by atoms with Gasteiger partial charge in [0, 0.05) is 52.2 Å². The molecule has 27 heavy (non-hydrogen) atoms. The molecule has 7 nitrogen and oxygen atoms in total. The van der Waals surface area contributed by atoms with Gasteiger partial charge in [0.05, 0.1) is 25.3 Å². The molecule has 0 bridgehead atoms. The molecule has 0 aliphatic carbocycles. The van der Waals surface area contributed by atoms with Crippen LogP contribution in [0.4, 0.5) is 0 Å². The number of aliphatic imine (C=N–C) groups is 1. The molecule has 2 fully saturated rings. The monoisotopic (exact) mass is 368 g/mol. The number of aromatic nitrogens is 2.